The van der Waals surface area contributed by atoms with E-state index in [1.165, 1.54) is 6.92 Å². The third-order valence-electron chi connectivity index (χ3n) is 2.61. The summed E-state index contributed by atoms with van der Waals surface area (Å²) in [6, 6.07) is 0.157. The minimum atomic E-state index is -1.08. The normalized spacial score (nSPS) is 13.8. The molecule has 0 saturated heterocycles. The van der Waals surface area contributed by atoms with Crippen LogP contribution >= 0.6 is 0 Å². The number of hydrogen-bond acceptors (Lipinski definition) is 3. The predicted molar refractivity (Wildman–Crippen MR) is 65.4 cm³/mol. The SMILES string of the molecule is Cc1cc(C(C)NC(=O)N[C@@H](C)C(=O)O)c(C)o1. The Labute approximate surface area is 105 Å². The first-order chi connectivity index (χ1) is 8.31. The number of nitrogens with one attached hydrogen (secondary N) is 2. The lowest BCUT2D eigenvalue weighted by molar-refractivity contribution is -0.138. The number of carbonyl (C=O) groups excluding carboxylic acids is 1. The molecule has 18 heavy (non-hydrogen) atoms. The van der Waals surface area contributed by atoms with Crippen LogP contribution in [0, 0.1) is 13.8 Å². The lowest BCUT2D eigenvalue weighted by atomic mass is 10.1. The van der Waals surface area contributed by atoms with Gasteiger partial charge in [0.05, 0.1) is 6.04 Å². The molecule has 0 radical (unpaired) electrons. The van der Waals surface area contributed by atoms with Crippen molar-refractivity contribution in [3.05, 3.63) is 23.2 Å². The quantitative estimate of drug-likeness (QED) is 0.763. The van der Waals surface area contributed by atoms with Crippen molar-refractivity contribution in [1.29, 1.82) is 0 Å². The molecule has 0 bridgehead atoms. The van der Waals surface area contributed by atoms with Crippen molar-refractivity contribution in [3.8, 4) is 0 Å². The smallest absolute Gasteiger partial charge is 0.325 e. The van der Waals surface area contributed by atoms with Crippen LogP contribution in [0.4, 0.5) is 4.79 Å². The summed E-state index contributed by atoms with van der Waals surface area (Å²) in [6.45, 7) is 6.86. The van der Waals surface area contributed by atoms with E-state index in [0.717, 1.165) is 17.1 Å². The molecule has 1 unspecified atom stereocenters. The van der Waals surface area contributed by atoms with E-state index in [2.05, 4.69) is 10.6 Å². The molecule has 1 heterocycles. The van der Waals surface area contributed by atoms with Gasteiger partial charge in [-0.3, -0.25) is 4.79 Å². The molecule has 0 aromatic carbocycles. The van der Waals surface area contributed by atoms with Gasteiger partial charge in [0.1, 0.15) is 17.6 Å². The number of furan rings is 1. The molecule has 1 rings (SSSR count). The zero-order valence-corrected chi connectivity index (χ0v) is 10.9. The van der Waals surface area contributed by atoms with Gasteiger partial charge in [-0.05, 0) is 33.8 Å². The zero-order chi connectivity index (χ0) is 13.9. The summed E-state index contributed by atoms with van der Waals surface area (Å²) in [5, 5.41) is 13.7. The molecule has 0 aliphatic carbocycles. The highest BCUT2D eigenvalue weighted by molar-refractivity contribution is 5.82. The van der Waals surface area contributed by atoms with E-state index in [1.807, 2.05) is 26.8 Å². The average molecular weight is 254 g/mol. The number of carboxylic acids is 1. The molecule has 1 aromatic heterocycles. The number of amides is 2. The highest BCUT2D eigenvalue weighted by atomic mass is 16.4. The maximum Gasteiger partial charge on any atom is 0.325 e. The summed E-state index contributed by atoms with van der Waals surface area (Å²) >= 11 is 0. The Morgan fingerprint density at radius 1 is 1.28 bits per heavy atom. The van der Waals surface area contributed by atoms with E-state index in [4.69, 9.17) is 9.52 Å². The molecule has 1 aromatic rings. The first-order valence-corrected chi connectivity index (χ1v) is 5.68. The van der Waals surface area contributed by atoms with E-state index in [1.54, 1.807) is 0 Å². The molecule has 2 amide bonds. The molecule has 0 spiro atoms. The number of hydrogen-bond donors (Lipinski definition) is 3. The largest absolute Gasteiger partial charge is 0.480 e. The number of carbonyl (C=O) groups is 2. The van der Waals surface area contributed by atoms with Crippen molar-refractivity contribution in [2.75, 3.05) is 0 Å². The van der Waals surface area contributed by atoms with Gasteiger partial charge < -0.3 is 20.2 Å². The Balaban J connectivity index is 2.60. The van der Waals surface area contributed by atoms with Gasteiger partial charge in [-0.2, -0.15) is 0 Å². The minimum absolute atomic E-state index is 0.247. The van der Waals surface area contributed by atoms with Gasteiger partial charge in [-0.15, -0.1) is 0 Å². The second-order valence-electron chi connectivity index (χ2n) is 4.27. The van der Waals surface area contributed by atoms with Crippen LogP contribution in [-0.2, 0) is 4.79 Å². The second kappa shape index (κ2) is 5.57. The monoisotopic (exact) mass is 254 g/mol. The fraction of sp³-hybridized carbons (Fsp3) is 0.500. The van der Waals surface area contributed by atoms with Gasteiger partial charge >= 0.3 is 12.0 Å². The lowest BCUT2D eigenvalue weighted by Crippen LogP contribution is -2.45. The molecule has 0 aliphatic rings. The van der Waals surface area contributed by atoms with Crippen molar-refractivity contribution in [1.82, 2.24) is 10.6 Å². The Morgan fingerprint density at radius 2 is 1.89 bits per heavy atom. The fourth-order valence-corrected chi connectivity index (χ4v) is 1.65. The van der Waals surface area contributed by atoms with Gasteiger partial charge in [0.25, 0.3) is 0 Å². The minimum Gasteiger partial charge on any atom is -0.480 e. The maximum absolute atomic E-state index is 11.5. The standard InChI is InChI=1S/C12H18N2O4/c1-6-5-10(9(4)18-6)7(2)13-12(17)14-8(3)11(15)16/h5,7-8H,1-4H3,(H,15,16)(H2,13,14,17)/t7?,8-/m0/s1. The van der Waals surface area contributed by atoms with E-state index < -0.39 is 18.0 Å². The van der Waals surface area contributed by atoms with E-state index in [9.17, 15) is 9.59 Å². The van der Waals surface area contributed by atoms with Crippen molar-refractivity contribution < 1.29 is 19.1 Å². The number of urea groups is 1. The van der Waals surface area contributed by atoms with Crippen molar-refractivity contribution >= 4 is 12.0 Å². The van der Waals surface area contributed by atoms with Crippen LogP contribution in [0.25, 0.3) is 0 Å². The first kappa shape index (κ1) is 14.1. The molecule has 0 saturated carbocycles. The van der Waals surface area contributed by atoms with Gasteiger partial charge in [0.15, 0.2) is 0 Å². The Kier molecular flexibility index (Phi) is 4.36. The highest BCUT2D eigenvalue weighted by Gasteiger charge is 2.18. The molecular formula is C12H18N2O4. The summed E-state index contributed by atoms with van der Waals surface area (Å²) < 4.78 is 5.37. The summed E-state index contributed by atoms with van der Waals surface area (Å²) in [4.78, 5) is 22.1. The van der Waals surface area contributed by atoms with Crippen LogP contribution in [-0.4, -0.2) is 23.1 Å². The molecule has 6 nitrogen and oxygen atoms in total. The van der Waals surface area contributed by atoms with Gasteiger partial charge in [0, 0.05) is 5.56 Å². The Hall–Kier alpha value is -1.98. The zero-order valence-electron chi connectivity index (χ0n) is 10.9. The Bertz CT molecular complexity index is 453. The number of aliphatic carboxylic acids is 1. The maximum atomic E-state index is 11.5. The third kappa shape index (κ3) is 3.51. The van der Waals surface area contributed by atoms with E-state index >= 15 is 0 Å². The van der Waals surface area contributed by atoms with Crippen molar-refractivity contribution in [3.63, 3.8) is 0 Å². The van der Waals surface area contributed by atoms with Gasteiger partial charge in [0.2, 0.25) is 0 Å². The molecular weight excluding hydrogens is 236 g/mol. The average Bonchev–Trinajstić information content (AvgIpc) is 2.57. The molecule has 2 atom stereocenters. The topological polar surface area (TPSA) is 91.6 Å². The van der Waals surface area contributed by atoms with Crippen LogP contribution in [0.2, 0.25) is 0 Å². The lowest BCUT2D eigenvalue weighted by Gasteiger charge is -2.15. The number of carboxylic acid groups (broad SMARTS) is 1. The van der Waals surface area contributed by atoms with Crippen molar-refractivity contribution in [2.45, 2.75) is 39.8 Å². The van der Waals surface area contributed by atoms with Gasteiger partial charge in [-0.25, -0.2) is 4.79 Å². The molecule has 100 valence electrons. The molecule has 0 aliphatic heterocycles. The predicted octanol–water partition coefficient (Wildman–Crippen LogP) is 1.73. The van der Waals surface area contributed by atoms with Crippen LogP contribution in [0.5, 0.6) is 0 Å². The molecule has 3 N–H and O–H groups in total. The summed E-state index contributed by atoms with van der Waals surface area (Å²) in [6.07, 6.45) is 0. The van der Waals surface area contributed by atoms with Crippen LogP contribution in [0.15, 0.2) is 10.5 Å². The molecule has 6 heteroatoms. The summed E-state index contributed by atoms with van der Waals surface area (Å²) in [7, 11) is 0. The van der Waals surface area contributed by atoms with E-state index in [-0.39, 0.29) is 6.04 Å². The van der Waals surface area contributed by atoms with Crippen molar-refractivity contribution in [2.24, 2.45) is 0 Å². The number of aryl methyl sites for hydroxylation is 2. The Morgan fingerprint density at radius 3 is 2.33 bits per heavy atom. The second-order valence-corrected chi connectivity index (χ2v) is 4.27. The van der Waals surface area contributed by atoms with Crippen LogP contribution in [0.3, 0.4) is 0 Å². The van der Waals surface area contributed by atoms with Gasteiger partial charge in [-0.1, -0.05) is 0 Å². The summed E-state index contributed by atoms with van der Waals surface area (Å²) in [5.74, 6) is 0.440. The highest BCUT2D eigenvalue weighted by Crippen LogP contribution is 2.20. The van der Waals surface area contributed by atoms with Crippen LogP contribution in [0.1, 0.15) is 37.0 Å². The van der Waals surface area contributed by atoms with Crippen LogP contribution < -0.4 is 10.6 Å². The van der Waals surface area contributed by atoms with E-state index in [0.29, 0.717) is 0 Å². The number of rotatable bonds is 4. The fourth-order valence-electron chi connectivity index (χ4n) is 1.65. The summed E-state index contributed by atoms with van der Waals surface area (Å²) in [5.41, 5.74) is 0.880. The molecule has 0 fully saturated rings. The first-order valence-electron chi connectivity index (χ1n) is 5.68. The third-order valence-corrected chi connectivity index (χ3v) is 2.61.